The summed E-state index contributed by atoms with van der Waals surface area (Å²) in [4.78, 5) is 0. The first-order valence-electron chi connectivity index (χ1n) is 1.98. The summed E-state index contributed by atoms with van der Waals surface area (Å²) in [6, 6.07) is 0. The predicted octanol–water partition coefficient (Wildman–Crippen LogP) is 5.13. The summed E-state index contributed by atoms with van der Waals surface area (Å²) in [7, 11) is -17.5. The second-order valence-electron chi connectivity index (χ2n) is 1.86. The molecule has 0 aromatic carbocycles. The van der Waals surface area contributed by atoms with Crippen molar-refractivity contribution >= 4 is 15.7 Å². The van der Waals surface area contributed by atoms with E-state index < -0.39 is 21.6 Å². The molecule has 0 saturated heterocycles. The molecule has 0 aliphatic heterocycles. The molecule has 0 nitrogen and oxygen atoms in total. The van der Waals surface area contributed by atoms with Gasteiger partial charge >= 0.3 is 55.2 Å². The van der Waals surface area contributed by atoms with Crippen LogP contribution in [0.3, 0.4) is 0 Å². The number of hydrogen-bond donors (Lipinski definition) is 0. The van der Waals surface area contributed by atoms with Gasteiger partial charge in [0.1, 0.15) is 0 Å². The maximum absolute atomic E-state index is 11.0. The van der Waals surface area contributed by atoms with E-state index in [0.717, 1.165) is 0 Å². The van der Waals surface area contributed by atoms with Crippen LogP contribution < -0.4 is 0 Å². The molecule has 0 aromatic rings. The van der Waals surface area contributed by atoms with E-state index in [-0.39, 0.29) is 0 Å². The standard InChI is InChI=1S/CH2F8P2/c2-10(3,4,5)1-11(6,7,8)9/h1H2. The first kappa shape index (κ1) is 11.3. The van der Waals surface area contributed by atoms with Gasteiger partial charge in [-0.05, 0) is 0 Å². The molecule has 0 rings (SSSR count). The van der Waals surface area contributed by atoms with Crippen LogP contribution in [0.2, 0.25) is 0 Å². The van der Waals surface area contributed by atoms with Crippen molar-refractivity contribution in [3.63, 3.8) is 0 Å². The van der Waals surface area contributed by atoms with Crippen LogP contribution in [0.25, 0.3) is 0 Å². The van der Waals surface area contributed by atoms with Crippen molar-refractivity contribution < 1.29 is 33.6 Å². The predicted molar refractivity (Wildman–Crippen MR) is 27.6 cm³/mol. The Morgan fingerprint density at radius 3 is 0.727 bits per heavy atom. The van der Waals surface area contributed by atoms with Gasteiger partial charge in [-0.2, -0.15) is 0 Å². The van der Waals surface area contributed by atoms with Gasteiger partial charge < -0.3 is 0 Å². The van der Waals surface area contributed by atoms with Crippen molar-refractivity contribution in [2.24, 2.45) is 0 Å². The van der Waals surface area contributed by atoms with E-state index in [9.17, 15) is 33.6 Å². The van der Waals surface area contributed by atoms with Crippen LogP contribution in [0.15, 0.2) is 0 Å². The van der Waals surface area contributed by atoms with Gasteiger partial charge in [0.2, 0.25) is 0 Å². The first-order chi connectivity index (χ1) is 4.21. The summed E-state index contributed by atoms with van der Waals surface area (Å²) >= 11 is 0. The Kier molecular flexibility index (Phi) is 2.02. The SMILES string of the molecule is FP(F)(F)(F)CP(F)(F)(F)F. The van der Waals surface area contributed by atoms with Gasteiger partial charge in [0.25, 0.3) is 0 Å². The van der Waals surface area contributed by atoms with E-state index in [0.29, 0.717) is 0 Å². The van der Waals surface area contributed by atoms with E-state index >= 15 is 0 Å². The molecule has 0 unspecified atom stereocenters. The molecule has 72 valence electrons. The minimum absolute atomic E-state index is 3.85. The van der Waals surface area contributed by atoms with Crippen LogP contribution in [-0.4, -0.2) is 5.90 Å². The Bertz CT molecular complexity index is 130. The van der Waals surface area contributed by atoms with E-state index in [1.807, 2.05) is 0 Å². The Hall–Kier alpha value is 0.300. The average molecular weight is 228 g/mol. The zero-order valence-corrected chi connectivity index (χ0v) is 6.41. The normalized spacial score (nSPS) is 21.5. The summed E-state index contributed by atoms with van der Waals surface area (Å²) in [6.45, 7) is 0. The Morgan fingerprint density at radius 1 is 0.545 bits per heavy atom. The molecule has 0 fully saturated rings. The molecule has 0 aliphatic carbocycles. The van der Waals surface area contributed by atoms with Gasteiger partial charge in [-0.25, -0.2) is 0 Å². The van der Waals surface area contributed by atoms with Crippen molar-refractivity contribution in [2.75, 3.05) is 5.90 Å². The number of halogens is 8. The molecule has 0 spiro atoms. The van der Waals surface area contributed by atoms with Gasteiger partial charge in [-0.15, -0.1) is 0 Å². The second-order valence-corrected chi connectivity index (χ2v) is 6.44. The van der Waals surface area contributed by atoms with Crippen LogP contribution in [0.1, 0.15) is 0 Å². The fourth-order valence-electron chi connectivity index (χ4n) is 0.323. The first-order valence-corrected chi connectivity index (χ1v) is 5.95. The van der Waals surface area contributed by atoms with Crippen LogP contribution in [-0.2, 0) is 0 Å². The van der Waals surface area contributed by atoms with Crippen molar-refractivity contribution in [2.45, 2.75) is 0 Å². The average Bonchev–Trinajstić information content (AvgIpc) is 1.04. The van der Waals surface area contributed by atoms with Gasteiger partial charge in [-0.1, -0.05) is 0 Å². The Morgan fingerprint density at radius 2 is 0.727 bits per heavy atom. The summed E-state index contributed by atoms with van der Waals surface area (Å²) in [5.41, 5.74) is 0. The third kappa shape index (κ3) is 10.3. The van der Waals surface area contributed by atoms with Crippen LogP contribution >= 0.6 is 15.7 Å². The summed E-state index contributed by atoms with van der Waals surface area (Å²) in [6.07, 6.45) is 0. The van der Waals surface area contributed by atoms with E-state index in [1.165, 1.54) is 0 Å². The Balaban J connectivity index is 4.55. The van der Waals surface area contributed by atoms with Crippen LogP contribution in [0, 0.1) is 0 Å². The summed E-state index contributed by atoms with van der Waals surface area (Å²) in [5, 5.41) is 0. The molecule has 0 aliphatic rings. The monoisotopic (exact) mass is 228 g/mol. The van der Waals surface area contributed by atoms with Crippen molar-refractivity contribution in [3.05, 3.63) is 0 Å². The molecule has 10 heteroatoms. The number of hydrogen-bond acceptors (Lipinski definition) is 0. The minimum atomic E-state index is -8.76. The second kappa shape index (κ2) is 1.96. The zero-order chi connectivity index (χ0) is 9.60. The molecular weight excluding hydrogens is 226 g/mol. The summed E-state index contributed by atoms with van der Waals surface area (Å²) in [5.74, 6) is -3.85. The zero-order valence-electron chi connectivity index (χ0n) is 4.63. The maximum atomic E-state index is 11.0. The fraction of sp³-hybridized carbons (Fsp3) is 1.00. The topological polar surface area (TPSA) is 0 Å². The van der Waals surface area contributed by atoms with Gasteiger partial charge in [0.15, 0.2) is 0 Å². The third-order valence-electron chi connectivity index (χ3n) is 0.428. The van der Waals surface area contributed by atoms with Gasteiger partial charge in [-0.3, -0.25) is 0 Å². The van der Waals surface area contributed by atoms with E-state index in [4.69, 9.17) is 0 Å². The molecule has 11 heavy (non-hydrogen) atoms. The molecule has 0 radical (unpaired) electrons. The van der Waals surface area contributed by atoms with E-state index in [2.05, 4.69) is 0 Å². The molecule has 0 atom stereocenters. The molecule has 0 N–H and O–H groups in total. The fourth-order valence-corrected chi connectivity index (χ4v) is 2.91. The van der Waals surface area contributed by atoms with Gasteiger partial charge in [0, 0.05) is 0 Å². The van der Waals surface area contributed by atoms with Crippen LogP contribution in [0.5, 0.6) is 0 Å². The summed E-state index contributed by atoms with van der Waals surface area (Å²) < 4.78 is 88.2. The molecule has 0 amide bonds. The van der Waals surface area contributed by atoms with Crippen molar-refractivity contribution in [3.8, 4) is 0 Å². The number of rotatable bonds is 2. The van der Waals surface area contributed by atoms with Crippen molar-refractivity contribution in [1.29, 1.82) is 0 Å². The molecule has 0 saturated carbocycles. The molecule has 0 bridgehead atoms. The molecule has 0 aromatic heterocycles. The van der Waals surface area contributed by atoms with Crippen LogP contribution in [0.4, 0.5) is 33.6 Å². The van der Waals surface area contributed by atoms with Gasteiger partial charge in [0.05, 0.1) is 0 Å². The quantitative estimate of drug-likeness (QED) is 0.454. The Labute approximate surface area is 56.4 Å². The van der Waals surface area contributed by atoms with E-state index in [1.54, 1.807) is 0 Å². The molecular formula is CH2F8P2. The molecule has 0 heterocycles. The third-order valence-corrected chi connectivity index (χ3v) is 3.85. The van der Waals surface area contributed by atoms with Crippen molar-refractivity contribution in [1.82, 2.24) is 0 Å².